The molecule has 0 saturated carbocycles. The Bertz CT molecular complexity index is 746. The smallest absolute Gasteiger partial charge is 0.230 e. The first-order chi connectivity index (χ1) is 12.0. The lowest BCUT2D eigenvalue weighted by atomic mass is 10.2. The van der Waals surface area contributed by atoms with Crippen molar-refractivity contribution >= 4 is 28.7 Å². The molecular formula is C18H26N4O2S. The van der Waals surface area contributed by atoms with Crippen molar-refractivity contribution in [3.8, 4) is 0 Å². The monoisotopic (exact) mass is 362 g/mol. The molecule has 2 N–H and O–H groups in total. The van der Waals surface area contributed by atoms with E-state index in [0.717, 1.165) is 29.3 Å². The number of aryl methyl sites for hydroxylation is 1. The van der Waals surface area contributed by atoms with Crippen LogP contribution >= 0.6 is 11.8 Å². The molecule has 0 aliphatic carbocycles. The summed E-state index contributed by atoms with van der Waals surface area (Å²) in [5.41, 5.74) is 3.12. The number of hydrogen-bond donors (Lipinski definition) is 2. The number of nitrogens with zero attached hydrogens (tertiary/aromatic N) is 2. The van der Waals surface area contributed by atoms with Crippen LogP contribution < -0.4 is 5.32 Å². The number of rotatable bonds is 6. The van der Waals surface area contributed by atoms with E-state index in [1.54, 1.807) is 7.11 Å². The average molecular weight is 362 g/mol. The number of nitrogens with one attached hydrogen (secondary N) is 2. The molecule has 1 aromatic heterocycles. The zero-order chi connectivity index (χ0) is 18.0. The molecule has 3 rings (SSSR count). The van der Waals surface area contributed by atoms with Gasteiger partial charge in [-0.3, -0.25) is 9.69 Å². The van der Waals surface area contributed by atoms with Crippen LogP contribution in [-0.4, -0.2) is 64.9 Å². The second-order valence-corrected chi connectivity index (χ2v) is 7.81. The molecule has 0 radical (unpaired) electrons. The number of H-pyrrole nitrogens is 1. The maximum atomic E-state index is 12.3. The topological polar surface area (TPSA) is 70.2 Å². The summed E-state index contributed by atoms with van der Waals surface area (Å²) in [7, 11) is 1.71. The fourth-order valence-electron chi connectivity index (χ4n) is 3.15. The third-order valence-corrected chi connectivity index (χ3v) is 5.50. The van der Waals surface area contributed by atoms with Gasteiger partial charge < -0.3 is 15.0 Å². The van der Waals surface area contributed by atoms with Crippen molar-refractivity contribution in [1.82, 2.24) is 20.2 Å². The van der Waals surface area contributed by atoms with Crippen LogP contribution in [-0.2, 0) is 9.53 Å². The van der Waals surface area contributed by atoms with E-state index in [0.29, 0.717) is 11.8 Å². The van der Waals surface area contributed by atoms with E-state index in [2.05, 4.69) is 47.0 Å². The second kappa shape index (κ2) is 7.76. The molecule has 1 amide bonds. The third-order valence-electron chi connectivity index (χ3n) is 4.63. The lowest BCUT2D eigenvalue weighted by molar-refractivity contribution is -0.119. The number of methoxy groups -OCH3 is 1. The quantitative estimate of drug-likeness (QED) is 0.771. The highest BCUT2D eigenvalue weighted by molar-refractivity contribution is 7.99. The first-order valence-corrected chi connectivity index (χ1v) is 9.60. The van der Waals surface area contributed by atoms with Crippen molar-refractivity contribution in [3.05, 3.63) is 23.8 Å². The van der Waals surface area contributed by atoms with Crippen molar-refractivity contribution < 1.29 is 9.53 Å². The lowest BCUT2D eigenvalue weighted by Crippen LogP contribution is -2.44. The lowest BCUT2D eigenvalue weighted by Gasteiger charge is -2.19. The summed E-state index contributed by atoms with van der Waals surface area (Å²) in [4.78, 5) is 22.4. The number of benzene rings is 1. The molecule has 2 atom stereocenters. The summed E-state index contributed by atoms with van der Waals surface area (Å²) < 4.78 is 5.54. The molecule has 7 heteroatoms. The molecule has 136 valence electrons. The number of amides is 1. The van der Waals surface area contributed by atoms with Gasteiger partial charge in [0.15, 0.2) is 5.16 Å². The van der Waals surface area contributed by atoms with Gasteiger partial charge in [0.1, 0.15) is 0 Å². The molecule has 2 aromatic rings. The van der Waals surface area contributed by atoms with Gasteiger partial charge in [-0.1, -0.05) is 17.8 Å². The maximum absolute atomic E-state index is 12.3. The van der Waals surface area contributed by atoms with Crippen LogP contribution in [0.2, 0.25) is 0 Å². The molecule has 1 saturated heterocycles. The predicted octanol–water partition coefficient (Wildman–Crippen LogP) is 2.19. The van der Waals surface area contributed by atoms with Crippen molar-refractivity contribution in [2.75, 3.05) is 26.0 Å². The van der Waals surface area contributed by atoms with E-state index >= 15 is 0 Å². The Balaban J connectivity index is 1.55. The standard InChI is InChI=1S/C18H26N4O2S/c1-11(2)22-8-15(16(9-22)24-4)19-17(23)10-25-18-20-13-6-5-12(3)7-14(13)21-18/h5-7,11,15-16H,8-10H2,1-4H3,(H,19,23)(H,20,21)/t15-,16-/m1/s1. The minimum Gasteiger partial charge on any atom is -0.378 e. The number of imidazole rings is 1. The Morgan fingerprint density at radius 1 is 1.48 bits per heavy atom. The molecule has 1 fully saturated rings. The molecule has 0 bridgehead atoms. The minimum absolute atomic E-state index is 0.0132. The van der Waals surface area contributed by atoms with E-state index in [1.807, 2.05) is 12.1 Å². The van der Waals surface area contributed by atoms with E-state index in [1.165, 1.54) is 17.3 Å². The summed E-state index contributed by atoms with van der Waals surface area (Å²) in [5.74, 6) is 0.354. The summed E-state index contributed by atoms with van der Waals surface area (Å²) >= 11 is 1.43. The van der Waals surface area contributed by atoms with E-state index in [9.17, 15) is 4.79 Å². The number of fused-ring (bicyclic) bond motifs is 1. The first kappa shape index (κ1) is 18.2. The number of thioether (sulfide) groups is 1. The maximum Gasteiger partial charge on any atom is 0.230 e. The van der Waals surface area contributed by atoms with Crippen LogP contribution in [0.4, 0.5) is 0 Å². The molecule has 1 aromatic carbocycles. The Kier molecular flexibility index (Phi) is 5.66. The number of aromatic amines is 1. The van der Waals surface area contributed by atoms with Gasteiger partial charge in [-0.05, 0) is 38.5 Å². The van der Waals surface area contributed by atoms with Gasteiger partial charge in [0.2, 0.25) is 5.91 Å². The van der Waals surface area contributed by atoms with Gasteiger partial charge in [-0.25, -0.2) is 4.98 Å². The summed E-state index contributed by atoms with van der Waals surface area (Å²) in [6, 6.07) is 6.59. The minimum atomic E-state index is 0.0132. The van der Waals surface area contributed by atoms with Gasteiger partial charge in [0.05, 0.1) is 28.9 Å². The van der Waals surface area contributed by atoms with E-state index < -0.39 is 0 Å². The fraction of sp³-hybridized carbons (Fsp3) is 0.556. The van der Waals surface area contributed by atoms with E-state index in [4.69, 9.17) is 4.74 Å². The van der Waals surface area contributed by atoms with Crippen LogP contribution in [0.3, 0.4) is 0 Å². The fourth-order valence-corrected chi connectivity index (χ4v) is 3.85. The Labute approximate surface area is 152 Å². The van der Waals surface area contributed by atoms with Crippen LogP contribution in [0.5, 0.6) is 0 Å². The third kappa shape index (κ3) is 4.34. The van der Waals surface area contributed by atoms with Gasteiger partial charge in [-0.2, -0.15) is 0 Å². The van der Waals surface area contributed by atoms with Crippen LogP contribution in [0.1, 0.15) is 19.4 Å². The van der Waals surface area contributed by atoms with Gasteiger partial charge >= 0.3 is 0 Å². The average Bonchev–Trinajstić information content (AvgIpc) is 3.16. The highest BCUT2D eigenvalue weighted by Gasteiger charge is 2.34. The highest BCUT2D eigenvalue weighted by Crippen LogP contribution is 2.21. The molecule has 0 unspecified atom stereocenters. The Hall–Kier alpha value is -1.57. The summed E-state index contributed by atoms with van der Waals surface area (Å²) in [6.45, 7) is 8.06. The molecule has 0 spiro atoms. The van der Waals surface area contributed by atoms with Gasteiger partial charge in [0.25, 0.3) is 0 Å². The first-order valence-electron chi connectivity index (χ1n) is 8.61. The number of carbonyl (C=O) groups excluding carboxylic acids is 1. The molecule has 2 heterocycles. The highest BCUT2D eigenvalue weighted by atomic mass is 32.2. The van der Waals surface area contributed by atoms with Crippen molar-refractivity contribution in [1.29, 1.82) is 0 Å². The predicted molar refractivity (Wildman–Crippen MR) is 101 cm³/mol. The van der Waals surface area contributed by atoms with Gasteiger partial charge in [-0.15, -0.1) is 0 Å². The largest absolute Gasteiger partial charge is 0.378 e. The zero-order valence-electron chi connectivity index (χ0n) is 15.2. The van der Waals surface area contributed by atoms with Crippen molar-refractivity contribution in [2.24, 2.45) is 0 Å². The van der Waals surface area contributed by atoms with Crippen LogP contribution in [0.25, 0.3) is 11.0 Å². The number of carbonyl (C=O) groups is 1. The summed E-state index contributed by atoms with van der Waals surface area (Å²) in [6.07, 6.45) is 0.0468. The van der Waals surface area contributed by atoms with Crippen molar-refractivity contribution in [2.45, 2.75) is 44.1 Å². The molecule has 1 aliphatic heterocycles. The number of ether oxygens (including phenoxy) is 1. The molecule has 1 aliphatic rings. The molecule has 6 nitrogen and oxygen atoms in total. The van der Waals surface area contributed by atoms with Crippen molar-refractivity contribution in [3.63, 3.8) is 0 Å². The van der Waals surface area contributed by atoms with Gasteiger partial charge in [0, 0.05) is 26.2 Å². The number of hydrogen-bond acceptors (Lipinski definition) is 5. The Morgan fingerprint density at radius 2 is 2.28 bits per heavy atom. The van der Waals surface area contributed by atoms with E-state index in [-0.39, 0.29) is 18.1 Å². The van der Waals surface area contributed by atoms with Crippen LogP contribution in [0.15, 0.2) is 23.4 Å². The molecular weight excluding hydrogens is 336 g/mol. The molecule has 25 heavy (non-hydrogen) atoms. The number of likely N-dealkylation sites (tertiary alicyclic amines) is 1. The summed E-state index contributed by atoms with van der Waals surface area (Å²) in [5, 5.41) is 3.88. The van der Waals surface area contributed by atoms with Crippen LogP contribution in [0, 0.1) is 6.92 Å². The Morgan fingerprint density at radius 3 is 3.00 bits per heavy atom. The number of aromatic nitrogens is 2. The SMILES string of the molecule is CO[C@@H]1CN(C(C)C)C[C@H]1NC(=O)CSc1nc2ccc(C)cc2[nH]1. The normalized spacial score (nSPS) is 21.3. The zero-order valence-corrected chi connectivity index (χ0v) is 16.0. The second-order valence-electron chi connectivity index (χ2n) is 6.85.